The molecule has 0 saturated heterocycles. The Labute approximate surface area is 145 Å². The van der Waals surface area contributed by atoms with Crippen LogP contribution in [0.2, 0.25) is 0 Å². The summed E-state index contributed by atoms with van der Waals surface area (Å²) in [5.41, 5.74) is 3.76. The minimum absolute atomic E-state index is 0.146. The SMILES string of the molecule is CN1CC=C(c2c(C(=O)c3ccc(F)cc3)[nH]c3ncccc23)CC1. The Balaban J connectivity index is 1.87. The van der Waals surface area contributed by atoms with Gasteiger partial charge in [0.25, 0.3) is 0 Å². The third-order valence-electron chi connectivity index (χ3n) is 4.64. The number of benzene rings is 1. The first-order valence-electron chi connectivity index (χ1n) is 8.28. The molecule has 0 unspecified atom stereocenters. The number of aromatic nitrogens is 2. The molecule has 0 fully saturated rings. The lowest BCUT2D eigenvalue weighted by atomic mass is 9.94. The average molecular weight is 335 g/mol. The number of halogens is 1. The Morgan fingerprint density at radius 2 is 2.04 bits per heavy atom. The molecule has 1 aliphatic heterocycles. The van der Waals surface area contributed by atoms with E-state index in [2.05, 4.69) is 28.0 Å². The summed E-state index contributed by atoms with van der Waals surface area (Å²) in [5, 5.41) is 0.948. The fourth-order valence-electron chi connectivity index (χ4n) is 3.27. The number of nitrogens with one attached hydrogen (secondary N) is 1. The number of ketones is 1. The first-order chi connectivity index (χ1) is 12.1. The van der Waals surface area contributed by atoms with Crippen LogP contribution in [0.15, 0.2) is 48.7 Å². The van der Waals surface area contributed by atoms with Gasteiger partial charge in [-0.25, -0.2) is 9.37 Å². The van der Waals surface area contributed by atoms with Crippen molar-refractivity contribution in [3.63, 3.8) is 0 Å². The van der Waals surface area contributed by atoms with Crippen LogP contribution in [0.3, 0.4) is 0 Å². The second-order valence-corrected chi connectivity index (χ2v) is 6.35. The molecule has 1 N–H and O–H groups in total. The second-order valence-electron chi connectivity index (χ2n) is 6.35. The van der Waals surface area contributed by atoms with Crippen molar-refractivity contribution in [2.24, 2.45) is 0 Å². The van der Waals surface area contributed by atoms with Crippen molar-refractivity contribution in [2.75, 3.05) is 20.1 Å². The van der Waals surface area contributed by atoms with Crippen LogP contribution in [-0.2, 0) is 0 Å². The molecule has 0 bridgehead atoms. The van der Waals surface area contributed by atoms with Gasteiger partial charge in [-0.1, -0.05) is 6.08 Å². The summed E-state index contributed by atoms with van der Waals surface area (Å²) in [5.74, 6) is -0.499. The number of pyridine rings is 1. The molecule has 4 nitrogen and oxygen atoms in total. The molecule has 3 heterocycles. The summed E-state index contributed by atoms with van der Waals surface area (Å²) in [6.45, 7) is 1.80. The summed E-state index contributed by atoms with van der Waals surface area (Å²) in [4.78, 5) is 22.8. The van der Waals surface area contributed by atoms with Crippen molar-refractivity contribution in [2.45, 2.75) is 6.42 Å². The summed E-state index contributed by atoms with van der Waals surface area (Å²) in [6, 6.07) is 9.51. The molecule has 2 aromatic heterocycles. The Morgan fingerprint density at radius 1 is 1.24 bits per heavy atom. The normalized spacial score (nSPS) is 15.4. The number of likely N-dealkylation sites (N-methyl/N-ethyl adjacent to an activating group) is 1. The van der Waals surface area contributed by atoms with Crippen LogP contribution < -0.4 is 0 Å². The highest BCUT2D eigenvalue weighted by atomic mass is 19.1. The number of fused-ring (bicyclic) bond motifs is 1. The van der Waals surface area contributed by atoms with Gasteiger partial charge < -0.3 is 9.88 Å². The summed E-state index contributed by atoms with van der Waals surface area (Å²) >= 11 is 0. The first kappa shape index (κ1) is 15.7. The van der Waals surface area contributed by atoms with Gasteiger partial charge in [-0.2, -0.15) is 0 Å². The van der Waals surface area contributed by atoms with Gasteiger partial charge in [-0.3, -0.25) is 4.79 Å². The lowest BCUT2D eigenvalue weighted by Crippen LogP contribution is -2.24. The van der Waals surface area contributed by atoms with E-state index < -0.39 is 0 Å². The number of carbonyl (C=O) groups excluding carboxylic acids is 1. The standard InChI is InChI=1S/C20H18FN3O/c1-24-11-8-13(9-12-24)17-16-3-2-10-22-20(16)23-18(17)19(25)14-4-6-15(21)7-5-14/h2-8,10H,9,11-12H2,1H3,(H,22,23). The van der Waals surface area contributed by atoms with Crippen molar-refractivity contribution in [3.8, 4) is 0 Å². The van der Waals surface area contributed by atoms with E-state index >= 15 is 0 Å². The zero-order valence-electron chi connectivity index (χ0n) is 13.9. The monoisotopic (exact) mass is 335 g/mol. The summed E-state index contributed by atoms with van der Waals surface area (Å²) in [7, 11) is 2.08. The molecule has 0 radical (unpaired) electrons. The van der Waals surface area contributed by atoms with Gasteiger partial charge in [0.1, 0.15) is 11.5 Å². The van der Waals surface area contributed by atoms with E-state index in [0.717, 1.165) is 36.0 Å². The Bertz CT molecular complexity index is 972. The molecule has 0 amide bonds. The largest absolute Gasteiger partial charge is 0.336 e. The molecule has 0 atom stereocenters. The zero-order valence-corrected chi connectivity index (χ0v) is 13.9. The van der Waals surface area contributed by atoms with Crippen LogP contribution in [0.1, 0.15) is 28.0 Å². The van der Waals surface area contributed by atoms with E-state index in [1.54, 1.807) is 6.20 Å². The minimum atomic E-state index is -0.354. The molecule has 126 valence electrons. The predicted octanol–water partition coefficient (Wildman–Crippen LogP) is 3.65. The summed E-state index contributed by atoms with van der Waals surface area (Å²) < 4.78 is 13.2. The van der Waals surface area contributed by atoms with E-state index in [9.17, 15) is 9.18 Å². The van der Waals surface area contributed by atoms with Gasteiger partial charge in [-0.05, 0) is 55.4 Å². The fourth-order valence-corrected chi connectivity index (χ4v) is 3.27. The Kier molecular flexibility index (Phi) is 3.93. The van der Waals surface area contributed by atoms with Crippen molar-refractivity contribution < 1.29 is 9.18 Å². The lowest BCUT2D eigenvalue weighted by molar-refractivity contribution is 0.103. The average Bonchev–Trinajstić information content (AvgIpc) is 3.02. The maximum Gasteiger partial charge on any atom is 0.209 e. The predicted molar refractivity (Wildman–Crippen MR) is 96.0 cm³/mol. The van der Waals surface area contributed by atoms with E-state index in [0.29, 0.717) is 16.9 Å². The van der Waals surface area contributed by atoms with Gasteiger partial charge in [0.2, 0.25) is 5.78 Å². The van der Waals surface area contributed by atoms with Crippen LogP contribution in [0.25, 0.3) is 16.6 Å². The molecule has 0 saturated carbocycles. The molecule has 4 rings (SSSR count). The molecule has 0 aliphatic carbocycles. The Hall–Kier alpha value is -2.79. The highest BCUT2D eigenvalue weighted by Gasteiger charge is 2.23. The highest BCUT2D eigenvalue weighted by molar-refractivity contribution is 6.14. The third kappa shape index (κ3) is 2.87. The number of aromatic amines is 1. The molecule has 25 heavy (non-hydrogen) atoms. The molecule has 3 aromatic rings. The van der Waals surface area contributed by atoms with Crippen LogP contribution in [0.4, 0.5) is 4.39 Å². The van der Waals surface area contributed by atoms with Crippen molar-refractivity contribution >= 4 is 22.4 Å². The quantitative estimate of drug-likeness (QED) is 0.743. The van der Waals surface area contributed by atoms with Gasteiger partial charge in [0.15, 0.2) is 0 Å². The minimum Gasteiger partial charge on any atom is -0.336 e. The molecule has 5 heteroatoms. The maximum absolute atomic E-state index is 13.2. The van der Waals surface area contributed by atoms with E-state index in [1.165, 1.54) is 24.3 Å². The number of carbonyl (C=O) groups is 1. The fraction of sp³-hybridized carbons (Fsp3) is 0.200. The third-order valence-corrected chi connectivity index (χ3v) is 4.64. The molecule has 1 aliphatic rings. The van der Waals surface area contributed by atoms with Crippen LogP contribution in [-0.4, -0.2) is 40.8 Å². The van der Waals surface area contributed by atoms with E-state index in [1.807, 2.05) is 12.1 Å². The highest BCUT2D eigenvalue weighted by Crippen LogP contribution is 2.32. The van der Waals surface area contributed by atoms with E-state index in [-0.39, 0.29) is 11.6 Å². The second kappa shape index (κ2) is 6.26. The van der Waals surface area contributed by atoms with Crippen LogP contribution in [0, 0.1) is 5.82 Å². The van der Waals surface area contributed by atoms with Crippen LogP contribution in [0.5, 0.6) is 0 Å². The molecular formula is C20H18FN3O. The smallest absolute Gasteiger partial charge is 0.209 e. The number of hydrogen-bond acceptors (Lipinski definition) is 3. The van der Waals surface area contributed by atoms with Gasteiger partial charge in [-0.15, -0.1) is 0 Å². The molecular weight excluding hydrogens is 317 g/mol. The van der Waals surface area contributed by atoms with Crippen molar-refractivity contribution in [1.29, 1.82) is 0 Å². The number of nitrogens with zero attached hydrogens (tertiary/aromatic N) is 2. The molecule has 0 spiro atoms. The number of rotatable bonds is 3. The van der Waals surface area contributed by atoms with Gasteiger partial charge >= 0.3 is 0 Å². The van der Waals surface area contributed by atoms with Crippen molar-refractivity contribution in [1.82, 2.24) is 14.9 Å². The number of hydrogen-bond donors (Lipinski definition) is 1. The van der Waals surface area contributed by atoms with Crippen LogP contribution >= 0.6 is 0 Å². The first-order valence-corrected chi connectivity index (χ1v) is 8.28. The topological polar surface area (TPSA) is 49.0 Å². The maximum atomic E-state index is 13.2. The summed E-state index contributed by atoms with van der Waals surface area (Å²) in [6.07, 6.45) is 4.75. The molecule has 1 aromatic carbocycles. The van der Waals surface area contributed by atoms with Gasteiger partial charge in [0, 0.05) is 35.8 Å². The number of H-pyrrole nitrogens is 1. The van der Waals surface area contributed by atoms with Crippen molar-refractivity contribution in [3.05, 3.63) is 71.3 Å². The zero-order chi connectivity index (χ0) is 17.4. The van der Waals surface area contributed by atoms with E-state index in [4.69, 9.17) is 0 Å². The van der Waals surface area contributed by atoms with Gasteiger partial charge in [0.05, 0.1) is 5.69 Å². The lowest BCUT2D eigenvalue weighted by Gasteiger charge is -2.22. The Morgan fingerprint density at radius 3 is 2.76 bits per heavy atom.